The number of amides is 1. The Balaban J connectivity index is 1.84. The molecule has 0 aliphatic carbocycles. The van der Waals surface area contributed by atoms with Crippen molar-refractivity contribution in [1.82, 2.24) is 14.5 Å². The molecule has 0 unspecified atom stereocenters. The maximum absolute atomic E-state index is 12.8. The van der Waals surface area contributed by atoms with E-state index in [0.29, 0.717) is 5.69 Å². The number of nitriles is 1. The largest absolute Gasteiger partial charge is 0.384 e. The molecule has 1 aromatic carbocycles. The van der Waals surface area contributed by atoms with Crippen LogP contribution in [0.4, 0.5) is 17.3 Å². The first-order valence-corrected chi connectivity index (χ1v) is 11.5. The molecule has 35 heavy (non-hydrogen) atoms. The lowest BCUT2D eigenvalue weighted by Crippen LogP contribution is -2.37. The lowest BCUT2D eigenvalue weighted by molar-refractivity contribution is 0.101. The van der Waals surface area contributed by atoms with E-state index in [4.69, 9.17) is 11.5 Å². The third-order valence-electron chi connectivity index (χ3n) is 4.82. The number of carbonyl (C=O) groups is 2. The molecular weight excluding hydrogens is 470 g/mol. The fraction of sp³-hybridized carbons (Fsp3) is 0.217. The van der Waals surface area contributed by atoms with E-state index in [9.17, 15) is 24.4 Å². The zero-order chi connectivity index (χ0) is 25.7. The number of nitrogens with two attached hydrogens (primary N) is 2. The van der Waals surface area contributed by atoms with Gasteiger partial charge in [-0.05, 0) is 24.1 Å². The average molecular weight is 494 g/mol. The SMILES string of the molecule is CC(C)Cn1c(N)c(C(=O)CSc2nc(N)c(C(=O)Nc3ccccc3)cc2C#N)c(=O)[nH]c1=O. The summed E-state index contributed by atoms with van der Waals surface area (Å²) in [5.41, 5.74) is 10.6. The van der Waals surface area contributed by atoms with Gasteiger partial charge in [0, 0.05) is 12.2 Å². The number of aromatic nitrogens is 3. The minimum atomic E-state index is -0.890. The molecule has 0 fully saturated rings. The van der Waals surface area contributed by atoms with Gasteiger partial charge in [0.15, 0.2) is 5.78 Å². The van der Waals surface area contributed by atoms with Crippen molar-refractivity contribution in [2.45, 2.75) is 25.4 Å². The van der Waals surface area contributed by atoms with Crippen LogP contribution in [0, 0.1) is 17.2 Å². The van der Waals surface area contributed by atoms with Gasteiger partial charge in [-0.25, -0.2) is 9.78 Å². The van der Waals surface area contributed by atoms with E-state index in [1.54, 1.807) is 30.3 Å². The normalized spacial score (nSPS) is 10.7. The van der Waals surface area contributed by atoms with Crippen LogP contribution in [0.3, 0.4) is 0 Å². The molecule has 0 saturated heterocycles. The van der Waals surface area contributed by atoms with Gasteiger partial charge in [0.25, 0.3) is 11.5 Å². The molecule has 180 valence electrons. The van der Waals surface area contributed by atoms with Crippen molar-refractivity contribution in [3.8, 4) is 6.07 Å². The van der Waals surface area contributed by atoms with Gasteiger partial charge in [0.2, 0.25) is 0 Å². The lowest BCUT2D eigenvalue weighted by atomic mass is 10.2. The van der Waals surface area contributed by atoms with E-state index in [1.807, 2.05) is 19.9 Å². The molecule has 0 saturated carbocycles. The highest BCUT2D eigenvalue weighted by Crippen LogP contribution is 2.26. The minimum Gasteiger partial charge on any atom is -0.384 e. The average Bonchev–Trinajstić information content (AvgIpc) is 2.80. The van der Waals surface area contributed by atoms with Crippen molar-refractivity contribution in [1.29, 1.82) is 5.26 Å². The summed E-state index contributed by atoms with van der Waals surface area (Å²) in [7, 11) is 0. The van der Waals surface area contributed by atoms with Crippen molar-refractivity contribution in [2.24, 2.45) is 5.92 Å². The number of aromatic amines is 1. The second-order valence-corrected chi connectivity index (χ2v) is 8.91. The molecule has 0 aliphatic rings. The predicted octanol–water partition coefficient (Wildman–Crippen LogP) is 1.85. The number of nitrogen functional groups attached to an aromatic ring is 2. The first-order valence-electron chi connectivity index (χ1n) is 10.5. The van der Waals surface area contributed by atoms with Gasteiger partial charge in [-0.1, -0.05) is 43.8 Å². The van der Waals surface area contributed by atoms with E-state index in [2.05, 4.69) is 15.3 Å². The van der Waals surface area contributed by atoms with Crippen LogP contribution in [0.1, 0.15) is 40.1 Å². The number of pyridine rings is 1. The molecule has 3 aromatic rings. The summed E-state index contributed by atoms with van der Waals surface area (Å²) in [6.07, 6.45) is 0. The number of nitrogens with one attached hydrogen (secondary N) is 2. The number of para-hydroxylation sites is 1. The Morgan fingerprint density at radius 3 is 2.54 bits per heavy atom. The highest BCUT2D eigenvalue weighted by Gasteiger charge is 2.22. The van der Waals surface area contributed by atoms with Crippen molar-refractivity contribution >= 4 is 40.8 Å². The third-order valence-corrected chi connectivity index (χ3v) is 5.81. The fourth-order valence-corrected chi connectivity index (χ4v) is 4.05. The van der Waals surface area contributed by atoms with Crippen LogP contribution in [-0.2, 0) is 6.54 Å². The number of Topliss-reactive ketones (excluding diaryl/α,β-unsaturated/α-hetero) is 1. The maximum atomic E-state index is 12.8. The molecule has 12 heteroatoms. The molecule has 0 radical (unpaired) electrons. The fourth-order valence-electron chi connectivity index (χ4n) is 3.21. The van der Waals surface area contributed by atoms with Crippen LogP contribution < -0.4 is 28.0 Å². The zero-order valence-electron chi connectivity index (χ0n) is 19.0. The van der Waals surface area contributed by atoms with Crippen LogP contribution in [0.5, 0.6) is 0 Å². The van der Waals surface area contributed by atoms with Crippen molar-refractivity contribution in [3.63, 3.8) is 0 Å². The quantitative estimate of drug-likeness (QED) is 0.268. The molecule has 0 atom stereocenters. The topological polar surface area (TPSA) is 190 Å². The van der Waals surface area contributed by atoms with Crippen molar-refractivity contribution < 1.29 is 9.59 Å². The molecule has 0 aliphatic heterocycles. The van der Waals surface area contributed by atoms with Gasteiger partial charge in [-0.15, -0.1) is 0 Å². The van der Waals surface area contributed by atoms with Gasteiger partial charge in [0.05, 0.1) is 16.9 Å². The number of hydrogen-bond donors (Lipinski definition) is 4. The monoisotopic (exact) mass is 493 g/mol. The number of hydrogen-bond acceptors (Lipinski definition) is 9. The number of rotatable bonds is 8. The van der Waals surface area contributed by atoms with E-state index in [0.717, 1.165) is 16.3 Å². The Morgan fingerprint density at radius 2 is 1.91 bits per heavy atom. The second-order valence-electron chi connectivity index (χ2n) is 7.94. The number of benzene rings is 1. The third kappa shape index (κ3) is 5.77. The highest BCUT2D eigenvalue weighted by atomic mass is 32.2. The number of ketones is 1. The van der Waals surface area contributed by atoms with Crippen LogP contribution in [0.15, 0.2) is 51.0 Å². The summed E-state index contributed by atoms with van der Waals surface area (Å²) < 4.78 is 1.14. The van der Waals surface area contributed by atoms with E-state index in [1.165, 1.54) is 6.07 Å². The smallest absolute Gasteiger partial charge is 0.329 e. The molecular formula is C23H23N7O4S. The Hall–Kier alpha value is -4.37. The van der Waals surface area contributed by atoms with Gasteiger partial charge < -0.3 is 16.8 Å². The molecule has 0 spiro atoms. The summed E-state index contributed by atoms with van der Waals surface area (Å²) >= 11 is 0.864. The lowest BCUT2D eigenvalue weighted by Gasteiger charge is -2.14. The molecule has 3 rings (SSSR count). The predicted molar refractivity (Wildman–Crippen MR) is 133 cm³/mol. The molecule has 2 aromatic heterocycles. The minimum absolute atomic E-state index is 0.00234. The summed E-state index contributed by atoms with van der Waals surface area (Å²) in [4.78, 5) is 56.0. The molecule has 6 N–H and O–H groups in total. The Kier molecular flexibility index (Phi) is 7.73. The standard InChI is InChI=1S/C23H23N7O4S/c1-12(2)10-30-19(26)17(21(33)29-23(30)34)16(31)11-35-22-13(9-24)8-15(18(25)28-22)20(32)27-14-6-4-3-5-7-14/h3-8,12H,10-11,26H2,1-2H3,(H2,25,28)(H,27,32)(H,29,33,34). The molecule has 1 amide bonds. The summed E-state index contributed by atoms with van der Waals surface area (Å²) in [6.45, 7) is 3.94. The van der Waals surface area contributed by atoms with Crippen LogP contribution >= 0.6 is 11.8 Å². The second kappa shape index (κ2) is 10.7. The van der Waals surface area contributed by atoms with Crippen LogP contribution in [0.25, 0.3) is 0 Å². The number of H-pyrrole nitrogens is 1. The molecule has 2 heterocycles. The first kappa shape index (κ1) is 25.3. The Labute approximate surface area is 204 Å². The van der Waals surface area contributed by atoms with Crippen molar-refractivity contribution in [3.05, 3.63) is 73.9 Å². The summed E-state index contributed by atoms with van der Waals surface area (Å²) in [5.74, 6) is -1.81. The van der Waals surface area contributed by atoms with Crippen LogP contribution in [0.2, 0.25) is 0 Å². The number of carbonyl (C=O) groups excluding carboxylic acids is 2. The van der Waals surface area contributed by atoms with E-state index >= 15 is 0 Å². The molecule has 11 nitrogen and oxygen atoms in total. The maximum Gasteiger partial charge on any atom is 0.329 e. The summed E-state index contributed by atoms with van der Waals surface area (Å²) in [5, 5.41) is 12.3. The number of anilines is 3. The van der Waals surface area contributed by atoms with Gasteiger partial charge in [-0.2, -0.15) is 5.26 Å². The summed E-state index contributed by atoms with van der Waals surface area (Å²) in [6, 6.07) is 11.9. The zero-order valence-corrected chi connectivity index (χ0v) is 19.8. The van der Waals surface area contributed by atoms with E-state index < -0.39 is 22.9 Å². The highest BCUT2D eigenvalue weighted by molar-refractivity contribution is 8.00. The Bertz CT molecular complexity index is 1440. The van der Waals surface area contributed by atoms with Gasteiger partial charge in [-0.3, -0.25) is 23.9 Å². The van der Waals surface area contributed by atoms with E-state index in [-0.39, 0.29) is 51.6 Å². The number of nitrogens with zero attached hydrogens (tertiary/aromatic N) is 3. The van der Waals surface area contributed by atoms with Crippen molar-refractivity contribution in [2.75, 3.05) is 22.5 Å². The van der Waals surface area contributed by atoms with Gasteiger partial charge >= 0.3 is 5.69 Å². The first-order chi connectivity index (χ1) is 16.6. The Morgan fingerprint density at radius 1 is 1.23 bits per heavy atom. The molecule has 0 bridgehead atoms. The van der Waals surface area contributed by atoms with Gasteiger partial charge in [0.1, 0.15) is 28.3 Å². The van der Waals surface area contributed by atoms with Crippen LogP contribution in [-0.4, -0.2) is 32.0 Å². The number of thioether (sulfide) groups is 1.